The molecule has 1 unspecified atom stereocenters. The van der Waals surface area contributed by atoms with Crippen molar-refractivity contribution in [3.63, 3.8) is 0 Å². The summed E-state index contributed by atoms with van der Waals surface area (Å²) in [7, 11) is 1.78. The van der Waals surface area contributed by atoms with Crippen LogP contribution in [0.15, 0.2) is 24.3 Å². The second-order valence-corrected chi connectivity index (χ2v) is 7.90. The Kier molecular flexibility index (Phi) is 6.41. The summed E-state index contributed by atoms with van der Waals surface area (Å²) >= 11 is 6.12. The van der Waals surface area contributed by atoms with Crippen LogP contribution in [-0.4, -0.2) is 89.0 Å². The van der Waals surface area contributed by atoms with Gasteiger partial charge in [-0.1, -0.05) is 17.7 Å². The second kappa shape index (κ2) is 9.17. The highest BCUT2D eigenvalue weighted by Gasteiger charge is 2.25. The van der Waals surface area contributed by atoms with Crippen LogP contribution in [0.3, 0.4) is 0 Å². The van der Waals surface area contributed by atoms with Crippen LogP contribution in [0.2, 0.25) is 5.02 Å². The number of nitrogens with zero attached hydrogens (tertiary/aromatic N) is 7. The van der Waals surface area contributed by atoms with E-state index in [0.717, 1.165) is 70.4 Å². The van der Waals surface area contributed by atoms with Gasteiger partial charge in [-0.2, -0.15) is 4.80 Å². The number of tetrazole rings is 1. The van der Waals surface area contributed by atoms with Crippen molar-refractivity contribution in [1.82, 2.24) is 30.0 Å². The third-order valence-corrected chi connectivity index (χ3v) is 5.69. The van der Waals surface area contributed by atoms with Gasteiger partial charge >= 0.3 is 0 Å². The Morgan fingerprint density at radius 3 is 2.68 bits per heavy atom. The molecule has 2 fully saturated rings. The number of morpholine rings is 1. The highest BCUT2D eigenvalue weighted by Crippen LogP contribution is 2.21. The molecule has 1 atom stereocenters. The standard InChI is InChI=1S/C19H28ClN7O/c1-24-22-19(21-23-24)18-15-26(12-13-28-18)7-3-6-25-8-10-27(11-9-25)17-5-2-4-16(20)14-17/h2,4-5,14,18H,3,6-13,15H2,1H3. The monoisotopic (exact) mass is 405 g/mol. The summed E-state index contributed by atoms with van der Waals surface area (Å²) < 4.78 is 5.82. The summed E-state index contributed by atoms with van der Waals surface area (Å²) in [4.78, 5) is 8.92. The third kappa shape index (κ3) is 5.00. The smallest absolute Gasteiger partial charge is 0.204 e. The molecule has 0 spiro atoms. The molecule has 9 heteroatoms. The number of halogens is 1. The van der Waals surface area contributed by atoms with Gasteiger partial charge in [0.2, 0.25) is 5.82 Å². The Morgan fingerprint density at radius 2 is 1.93 bits per heavy atom. The Hall–Kier alpha value is -1.74. The molecule has 152 valence electrons. The molecule has 0 amide bonds. The van der Waals surface area contributed by atoms with Gasteiger partial charge in [0, 0.05) is 50.0 Å². The molecular weight excluding hydrogens is 378 g/mol. The van der Waals surface area contributed by atoms with Crippen LogP contribution in [-0.2, 0) is 11.8 Å². The van der Waals surface area contributed by atoms with Gasteiger partial charge in [0.1, 0.15) is 6.10 Å². The summed E-state index contributed by atoms with van der Waals surface area (Å²) in [5.74, 6) is 0.685. The Balaban J connectivity index is 1.18. The zero-order valence-electron chi connectivity index (χ0n) is 16.4. The van der Waals surface area contributed by atoms with E-state index in [1.807, 2.05) is 12.1 Å². The average Bonchev–Trinajstić information content (AvgIpc) is 3.15. The number of piperazine rings is 1. The highest BCUT2D eigenvalue weighted by molar-refractivity contribution is 6.30. The molecule has 28 heavy (non-hydrogen) atoms. The molecule has 2 aromatic rings. The number of anilines is 1. The summed E-state index contributed by atoms with van der Waals surface area (Å²) in [5, 5.41) is 13.1. The zero-order valence-corrected chi connectivity index (χ0v) is 17.1. The van der Waals surface area contributed by atoms with Crippen molar-refractivity contribution in [3.8, 4) is 0 Å². The zero-order chi connectivity index (χ0) is 19.3. The summed E-state index contributed by atoms with van der Waals surface area (Å²) in [5.41, 5.74) is 1.23. The van der Waals surface area contributed by atoms with Gasteiger partial charge in [0.25, 0.3) is 0 Å². The molecule has 0 saturated carbocycles. The van der Waals surface area contributed by atoms with Crippen molar-refractivity contribution in [2.24, 2.45) is 7.05 Å². The SMILES string of the molecule is Cn1nnc(C2CN(CCCN3CCN(c4cccc(Cl)c4)CC3)CCO2)n1. The Labute approximate surface area is 171 Å². The molecule has 4 rings (SSSR count). The minimum atomic E-state index is -0.0660. The number of aryl methyl sites for hydroxylation is 1. The molecule has 0 radical (unpaired) electrons. The molecule has 0 bridgehead atoms. The number of rotatable bonds is 6. The first kappa shape index (κ1) is 19.6. The summed E-state index contributed by atoms with van der Waals surface area (Å²) in [6.07, 6.45) is 1.10. The minimum absolute atomic E-state index is 0.0660. The molecule has 0 aliphatic carbocycles. The Bertz CT molecular complexity index is 762. The van der Waals surface area contributed by atoms with Crippen LogP contribution >= 0.6 is 11.6 Å². The third-order valence-electron chi connectivity index (χ3n) is 5.46. The maximum atomic E-state index is 6.12. The van der Waals surface area contributed by atoms with Crippen LogP contribution < -0.4 is 4.90 Å². The first-order chi connectivity index (χ1) is 13.7. The largest absolute Gasteiger partial charge is 0.369 e. The number of hydrogen-bond donors (Lipinski definition) is 0. The molecule has 0 N–H and O–H groups in total. The lowest BCUT2D eigenvalue weighted by atomic mass is 10.2. The number of aromatic nitrogens is 4. The van der Waals surface area contributed by atoms with Crippen LogP contribution in [0.4, 0.5) is 5.69 Å². The molecule has 2 aliphatic heterocycles. The van der Waals surface area contributed by atoms with Gasteiger partial charge in [0.15, 0.2) is 0 Å². The molecule has 8 nitrogen and oxygen atoms in total. The summed E-state index contributed by atoms with van der Waals surface area (Å²) in [6, 6.07) is 8.15. The first-order valence-corrected chi connectivity index (χ1v) is 10.4. The maximum absolute atomic E-state index is 6.12. The van der Waals surface area contributed by atoms with Gasteiger partial charge < -0.3 is 9.64 Å². The van der Waals surface area contributed by atoms with Crippen molar-refractivity contribution in [1.29, 1.82) is 0 Å². The fourth-order valence-corrected chi connectivity index (χ4v) is 4.09. The van der Waals surface area contributed by atoms with Crippen molar-refractivity contribution in [2.45, 2.75) is 12.5 Å². The maximum Gasteiger partial charge on any atom is 0.204 e. The van der Waals surface area contributed by atoms with Crippen LogP contribution in [0.25, 0.3) is 0 Å². The van der Waals surface area contributed by atoms with Crippen molar-refractivity contribution >= 4 is 17.3 Å². The Morgan fingerprint density at radius 1 is 1.11 bits per heavy atom. The number of benzene rings is 1. The van der Waals surface area contributed by atoms with Crippen molar-refractivity contribution < 1.29 is 4.74 Å². The highest BCUT2D eigenvalue weighted by atomic mass is 35.5. The van der Waals surface area contributed by atoms with E-state index in [0.29, 0.717) is 5.82 Å². The normalized spacial score (nSPS) is 21.9. The molecule has 3 heterocycles. The topological polar surface area (TPSA) is 62.6 Å². The van der Waals surface area contributed by atoms with Crippen LogP contribution in [0.5, 0.6) is 0 Å². The van der Waals surface area contributed by atoms with E-state index in [9.17, 15) is 0 Å². The predicted octanol–water partition coefficient (Wildman–Crippen LogP) is 1.45. The lowest BCUT2D eigenvalue weighted by molar-refractivity contribution is -0.0352. The average molecular weight is 406 g/mol. The van der Waals surface area contributed by atoms with E-state index in [-0.39, 0.29) is 6.10 Å². The minimum Gasteiger partial charge on any atom is -0.369 e. The molecule has 2 saturated heterocycles. The predicted molar refractivity (Wildman–Crippen MR) is 109 cm³/mol. The van der Waals surface area contributed by atoms with E-state index in [1.165, 1.54) is 10.5 Å². The van der Waals surface area contributed by atoms with E-state index in [2.05, 4.69) is 42.2 Å². The molecular formula is C19H28ClN7O. The fraction of sp³-hybridized carbons (Fsp3) is 0.632. The lowest BCUT2D eigenvalue weighted by Crippen LogP contribution is -2.47. The number of ether oxygens (including phenoxy) is 1. The molecule has 1 aromatic heterocycles. The van der Waals surface area contributed by atoms with E-state index >= 15 is 0 Å². The fourth-order valence-electron chi connectivity index (χ4n) is 3.91. The van der Waals surface area contributed by atoms with Crippen LogP contribution in [0.1, 0.15) is 18.3 Å². The van der Waals surface area contributed by atoms with Gasteiger partial charge in [-0.15, -0.1) is 10.2 Å². The quantitative estimate of drug-likeness (QED) is 0.720. The second-order valence-electron chi connectivity index (χ2n) is 7.46. The van der Waals surface area contributed by atoms with E-state index < -0.39 is 0 Å². The van der Waals surface area contributed by atoms with Crippen LogP contribution in [0, 0.1) is 0 Å². The molecule has 2 aliphatic rings. The van der Waals surface area contributed by atoms with Gasteiger partial charge in [-0.3, -0.25) is 9.80 Å². The first-order valence-electron chi connectivity index (χ1n) is 9.98. The van der Waals surface area contributed by atoms with Gasteiger partial charge in [-0.05, 0) is 42.9 Å². The van der Waals surface area contributed by atoms with E-state index in [1.54, 1.807) is 7.05 Å². The van der Waals surface area contributed by atoms with E-state index in [4.69, 9.17) is 16.3 Å². The van der Waals surface area contributed by atoms with Gasteiger partial charge in [-0.25, -0.2) is 0 Å². The lowest BCUT2D eigenvalue weighted by Gasteiger charge is -2.37. The van der Waals surface area contributed by atoms with Gasteiger partial charge in [0.05, 0.1) is 13.7 Å². The summed E-state index contributed by atoms with van der Waals surface area (Å²) in [6.45, 7) is 9.05. The molecule has 1 aromatic carbocycles. The van der Waals surface area contributed by atoms with Crippen molar-refractivity contribution in [3.05, 3.63) is 35.1 Å². The number of hydrogen-bond acceptors (Lipinski definition) is 7. The van der Waals surface area contributed by atoms with Crippen molar-refractivity contribution in [2.75, 3.05) is 63.9 Å².